The molecule has 0 fully saturated rings. The summed E-state index contributed by atoms with van der Waals surface area (Å²) in [5, 5.41) is 3.58. The number of hydrogen-bond acceptors (Lipinski definition) is 5. The number of amides is 1. The molecule has 0 aliphatic rings. The highest BCUT2D eigenvalue weighted by molar-refractivity contribution is 7.91. The van der Waals surface area contributed by atoms with Crippen LogP contribution in [0, 0.1) is 0 Å². The summed E-state index contributed by atoms with van der Waals surface area (Å²) < 4.78 is 31.6. The van der Waals surface area contributed by atoms with Gasteiger partial charge in [-0.2, -0.15) is 0 Å². The fourth-order valence-corrected chi connectivity index (χ4v) is 4.91. The predicted molar refractivity (Wildman–Crippen MR) is 129 cm³/mol. The normalized spacial score (nSPS) is 11.4. The van der Waals surface area contributed by atoms with Crippen molar-refractivity contribution in [3.05, 3.63) is 115 Å². The van der Waals surface area contributed by atoms with Gasteiger partial charge in [0, 0.05) is 18.1 Å². The Balaban J connectivity index is 1.27. The second-order valence-corrected chi connectivity index (χ2v) is 9.69. The van der Waals surface area contributed by atoms with Gasteiger partial charge in [-0.25, -0.2) is 8.42 Å². The molecule has 0 bridgehead atoms. The summed E-state index contributed by atoms with van der Waals surface area (Å²) in [6.45, 7) is 0.236. The van der Waals surface area contributed by atoms with Gasteiger partial charge in [0.2, 0.25) is 9.84 Å². The van der Waals surface area contributed by atoms with Crippen molar-refractivity contribution in [2.24, 2.45) is 0 Å². The van der Waals surface area contributed by atoms with Crippen LogP contribution in [0.25, 0.3) is 22.1 Å². The van der Waals surface area contributed by atoms with Crippen LogP contribution in [0.1, 0.15) is 16.1 Å². The number of fused-ring (bicyclic) bond motifs is 1. The van der Waals surface area contributed by atoms with Crippen LogP contribution in [-0.4, -0.2) is 19.3 Å². The van der Waals surface area contributed by atoms with Gasteiger partial charge in [0.15, 0.2) is 11.3 Å². The molecule has 168 valence electrons. The maximum Gasteiger partial charge on any atom is 0.287 e. The summed E-state index contributed by atoms with van der Waals surface area (Å²) >= 11 is 0. The highest BCUT2D eigenvalue weighted by Gasteiger charge is 2.18. The molecule has 7 heteroatoms. The minimum atomic E-state index is -3.65. The van der Waals surface area contributed by atoms with Gasteiger partial charge in [-0.1, -0.05) is 54.6 Å². The zero-order valence-electron chi connectivity index (χ0n) is 18.0. The number of hydrogen-bond donors (Lipinski definition) is 1. The van der Waals surface area contributed by atoms with Gasteiger partial charge in [-0.05, 0) is 53.1 Å². The third kappa shape index (κ3) is 4.33. The van der Waals surface area contributed by atoms with Gasteiger partial charge < -0.3 is 9.73 Å². The number of nitrogens with zero attached hydrogens (tertiary/aromatic N) is 1. The molecule has 2 heterocycles. The molecular formula is C27H20N2O4S. The van der Waals surface area contributed by atoms with E-state index in [0.29, 0.717) is 5.58 Å². The molecule has 34 heavy (non-hydrogen) atoms. The lowest BCUT2D eigenvalue weighted by molar-refractivity contribution is 0.0925. The van der Waals surface area contributed by atoms with Crippen molar-refractivity contribution in [2.45, 2.75) is 16.3 Å². The van der Waals surface area contributed by atoms with E-state index in [1.807, 2.05) is 30.3 Å². The highest BCUT2D eigenvalue weighted by atomic mass is 32.2. The van der Waals surface area contributed by atoms with Gasteiger partial charge in [0.1, 0.15) is 0 Å². The smallest absolute Gasteiger partial charge is 0.287 e. The lowest BCUT2D eigenvalue weighted by Crippen LogP contribution is -2.22. The quantitative estimate of drug-likeness (QED) is 0.367. The Bertz CT molecular complexity index is 1520. The number of carbonyl (C=O) groups excluding carboxylic acids is 1. The highest BCUT2D eigenvalue weighted by Crippen LogP contribution is 2.25. The van der Waals surface area contributed by atoms with Crippen LogP contribution in [-0.2, 0) is 16.4 Å². The van der Waals surface area contributed by atoms with Crippen LogP contribution in [0.2, 0.25) is 0 Å². The first-order chi connectivity index (χ1) is 16.5. The van der Waals surface area contributed by atoms with Crippen molar-refractivity contribution in [2.75, 3.05) is 0 Å². The summed E-state index contributed by atoms with van der Waals surface area (Å²) in [5.74, 6) is -0.160. The Morgan fingerprint density at radius 2 is 1.47 bits per heavy atom. The average molecular weight is 469 g/mol. The van der Waals surface area contributed by atoms with Crippen molar-refractivity contribution in [1.29, 1.82) is 0 Å². The average Bonchev–Trinajstić information content (AvgIpc) is 3.33. The fraction of sp³-hybridized carbons (Fsp3) is 0.0370. The minimum Gasteiger partial charge on any atom is -0.449 e. The number of furan rings is 1. The predicted octanol–water partition coefficient (Wildman–Crippen LogP) is 5.26. The number of sulfone groups is 1. The Labute approximate surface area is 196 Å². The van der Waals surface area contributed by atoms with E-state index in [2.05, 4.69) is 10.3 Å². The topological polar surface area (TPSA) is 89.3 Å². The number of carbonyl (C=O) groups is 1. The Hall–Kier alpha value is -4.23. The maximum atomic E-state index is 13.0. The zero-order chi connectivity index (χ0) is 23.5. The second kappa shape index (κ2) is 8.96. The van der Waals surface area contributed by atoms with Crippen LogP contribution >= 0.6 is 0 Å². The molecular weight excluding hydrogens is 448 g/mol. The molecule has 2 aromatic heterocycles. The molecule has 0 saturated heterocycles. The molecule has 0 radical (unpaired) electrons. The van der Waals surface area contributed by atoms with Crippen molar-refractivity contribution < 1.29 is 17.6 Å². The third-order valence-corrected chi connectivity index (χ3v) is 7.29. The molecule has 1 amide bonds. The van der Waals surface area contributed by atoms with E-state index in [0.717, 1.165) is 22.1 Å². The van der Waals surface area contributed by atoms with Crippen LogP contribution in [0.4, 0.5) is 0 Å². The Kier molecular flexibility index (Phi) is 5.69. The van der Waals surface area contributed by atoms with E-state index in [1.165, 1.54) is 0 Å². The Morgan fingerprint density at radius 3 is 2.15 bits per heavy atom. The standard InChI is InChI=1S/C27H20N2O4S/c30-27(25-16-22-14-15-28-18-26(22)33-25)29-17-19-6-10-23(11-7-19)34(31,32)24-12-8-21(9-13-24)20-4-2-1-3-5-20/h1-16,18H,17H2,(H,29,30). The number of nitrogens with one attached hydrogen (secondary N) is 1. The molecule has 3 aromatic carbocycles. The van der Waals surface area contributed by atoms with Crippen molar-refractivity contribution >= 4 is 26.7 Å². The molecule has 0 unspecified atom stereocenters. The largest absolute Gasteiger partial charge is 0.449 e. The van der Waals surface area contributed by atoms with Crippen molar-refractivity contribution in [3.63, 3.8) is 0 Å². The molecule has 0 spiro atoms. The number of rotatable bonds is 6. The monoisotopic (exact) mass is 468 g/mol. The fourth-order valence-electron chi connectivity index (χ4n) is 3.65. The molecule has 6 nitrogen and oxygen atoms in total. The van der Waals surface area contributed by atoms with Crippen molar-refractivity contribution in [3.8, 4) is 11.1 Å². The first-order valence-electron chi connectivity index (χ1n) is 10.6. The van der Waals surface area contributed by atoms with E-state index < -0.39 is 9.84 Å². The van der Waals surface area contributed by atoms with Gasteiger partial charge in [-0.3, -0.25) is 9.78 Å². The zero-order valence-corrected chi connectivity index (χ0v) is 18.8. The molecule has 1 N–H and O–H groups in total. The summed E-state index contributed by atoms with van der Waals surface area (Å²) in [6, 6.07) is 26.5. The summed E-state index contributed by atoms with van der Waals surface area (Å²) in [6.07, 6.45) is 3.19. The second-order valence-electron chi connectivity index (χ2n) is 7.74. The number of pyridine rings is 1. The summed E-state index contributed by atoms with van der Waals surface area (Å²) in [5.41, 5.74) is 3.28. The first kappa shape index (κ1) is 21.6. The van der Waals surface area contributed by atoms with E-state index in [9.17, 15) is 13.2 Å². The molecule has 0 aliphatic carbocycles. The van der Waals surface area contributed by atoms with Crippen LogP contribution in [0.5, 0.6) is 0 Å². The van der Waals surface area contributed by atoms with E-state index in [-0.39, 0.29) is 28.0 Å². The molecule has 0 saturated carbocycles. The number of aromatic nitrogens is 1. The summed E-state index contributed by atoms with van der Waals surface area (Å²) in [7, 11) is -3.65. The lowest BCUT2D eigenvalue weighted by Gasteiger charge is -2.08. The van der Waals surface area contributed by atoms with E-state index in [4.69, 9.17) is 4.42 Å². The van der Waals surface area contributed by atoms with Crippen molar-refractivity contribution in [1.82, 2.24) is 10.3 Å². The van der Waals surface area contributed by atoms with Crippen LogP contribution in [0.3, 0.4) is 0 Å². The maximum absolute atomic E-state index is 13.0. The third-order valence-electron chi connectivity index (χ3n) is 5.51. The van der Waals surface area contributed by atoms with Gasteiger partial charge in [-0.15, -0.1) is 0 Å². The summed E-state index contributed by atoms with van der Waals surface area (Å²) in [4.78, 5) is 16.8. The molecule has 0 atom stereocenters. The van der Waals surface area contributed by atoms with Crippen LogP contribution in [0.15, 0.2) is 118 Å². The number of benzene rings is 3. The lowest BCUT2D eigenvalue weighted by atomic mass is 10.1. The molecule has 0 aliphatic heterocycles. The SMILES string of the molecule is O=C(NCc1ccc(S(=O)(=O)c2ccc(-c3ccccc3)cc2)cc1)c1cc2ccncc2o1. The molecule has 5 rings (SSSR count). The van der Waals surface area contributed by atoms with Crippen LogP contribution < -0.4 is 5.32 Å². The minimum absolute atomic E-state index is 0.194. The van der Waals surface area contributed by atoms with E-state index in [1.54, 1.807) is 73.1 Å². The van der Waals surface area contributed by atoms with Gasteiger partial charge in [0.05, 0.1) is 16.0 Å². The van der Waals surface area contributed by atoms with E-state index >= 15 is 0 Å². The first-order valence-corrected chi connectivity index (χ1v) is 12.1. The Morgan fingerprint density at radius 1 is 0.824 bits per heavy atom. The van der Waals surface area contributed by atoms with Gasteiger partial charge >= 0.3 is 0 Å². The van der Waals surface area contributed by atoms with Gasteiger partial charge in [0.25, 0.3) is 5.91 Å². The molecule has 5 aromatic rings.